The van der Waals surface area contributed by atoms with Crippen LogP contribution in [0.15, 0.2) is 53.4 Å². The molecule has 3 rings (SSSR count). The molecule has 1 saturated heterocycles. The van der Waals surface area contributed by atoms with Crippen LogP contribution in [-0.4, -0.2) is 37.8 Å². The van der Waals surface area contributed by atoms with Crippen LogP contribution in [0.3, 0.4) is 0 Å². The molecule has 28 heavy (non-hydrogen) atoms. The number of nitrogens with zero attached hydrogens (tertiary/aromatic N) is 2. The second-order valence-electron chi connectivity index (χ2n) is 6.68. The van der Waals surface area contributed by atoms with Crippen molar-refractivity contribution in [1.82, 2.24) is 9.62 Å². The SMILES string of the molecule is N#Cc1cccc(S(=O)(=O)N(CCc2ccc(F)cc2)C[C@@H]2CCC(=O)N2)c1. The normalized spacial score (nSPS) is 16.8. The minimum Gasteiger partial charge on any atom is -0.352 e. The Hall–Kier alpha value is -2.76. The first kappa shape index (κ1) is 20.0. The van der Waals surface area contributed by atoms with Gasteiger partial charge in [-0.05, 0) is 48.7 Å². The van der Waals surface area contributed by atoms with Gasteiger partial charge in [-0.2, -0.15) is 9.57 Å². The number of sulfonamides is 1. The van der Waals surface area contributed by atoms with E-state index in [0.29, 0.717) is 19.3 Å². The van der Waals surface area contributed by atoms with Crippen molar-refractivity contribution in [2.24, 2.45) is 0 Å². The Kier molecular flexibility index (Phi) is 6.07. The molecule has 0 bridgehead atoms. The maximum absolute atomic E-state index is 13.2. The highest BCUT2D eigenvalue weighted by molar-refractivity contribution is 7.89. The van der Waals surface area contributed by atoms with Crippen molar-refractivity contribution in [1.29, 1.82) is 5.26 Å². The third-order valence-electron chi connectivity index (χ3n) is 4.67. The summed E-state index contributed by atoms with van der Waals surface area (Å²) < 4.78 is 40.8. The third-order valence-corrected chi connectivity index (χ3v) is 6.53. The Labute approximate surface area is 163 Å². The Morgan fingerprint density at radius 2 is 1.96 bits per heavy atom. The third kappa shape index (κ3) is 4.74. The number of hydrogen-bond donors (Lipinski definition) is 1. The van der Waals surface area contributed by atoms with Crippen molar-refractivity contribution >= 4 is 15.9 Å². The summed E-state index contributed by atoms with van der Waals surface area (Å²) in [5.74, 6) is -0.442. The summed E-state index contributed by atoms with van der Waals surface area (Å²) >= 11 is 0. The van der Waals surface area contributed by atoms with Gasteiger partial charge in [-0.1, -0.05) is 18.2 Å². The summed E-state index contributed by atoms with van der Waals surface area (Å²) in [5, 5.41) is 11.9. The van der Waals surface area contributed by atoms with E-state index in [9.17, 15) is 17.6 Å². The zero-order valence-electron chi connectivity index (χ0n) is 15.1. The smallest absolute Gasteiger partial charge is 0.243 e. The molecule has 0 aliphatic carbocycles. The van der Waals surface area contributed by atoms with Gasteiger partial charge in [0.05, 0.1) is 16.5 Å². The maximum Gasteiger partial charge on any atom is 0.243 e. The molecule has 2 aromatic carbocycles. The lowest BCUT2D eigenvalue weighted by atomic mass is 10.1. The summed E-state index contributed by atoms with van der Waals surface area (Å²) in [6.07, 6.45) is 1.35. The first-order chi connectivity index (χ1) is 13.4. The number of carbonyl (C=O) groups is 1. The largest absolute Gasteiger partial charge is 0.352 e. The van der Waals surface area contributed by atoms with Crippen molar-refractivity contribution < 1.29 is 17.6 Å². The predicted molar refractivity (Wildman–Crippen MR) is 101 cm³/mol. The number of nitrogens with one attached hydrogen (secondary N) is 1. The number of halogens is 1. The van der Waals surface area contributed by atoms with Gasteiger partial charge in [0, 0.05) is 25.6 Å². The fraction of sp³-hybridized carbons (Fsp3) is 0.300. The van der Waals surface area contributed by atoms with E-state index in [1.165, 1.54) is 34.6 Å². The van der Waals surface area contributed by atoms with Gasteiger partial charge in [-0.25, -0.2) is 12.8 Å². The number of amides is 1. The lowest BCUT2D eigenvalue weighted by Gasteiger charge is -2.25. The van der Waals surface area contributed by atoms with Gasteiger partial charge in [0.15, 0.2) is 0 Å². The van der Waals surface area contributed by atoms with Crippen molar-refractivity contribution in [3.05, 3.63) is 65.5 Å². The van der Waals surface area contributed by atoms with Crippen LogP contribution >= 0.6 is 0 Å². The molecule has 0 spiro atoms. The quantitative estimate of drug-likeness (QED) is 0.770. The van der Waals surface area contributed by atoms with E-state index in [1.54, 1.807) is 18.2 Å². The number of nitriles is 1. The van der Waals surface area contributed by atoms with Crippen molar-refractivity contribution in [3.8, 4) is 6.07 Å². The fourth-order valence-corrected chi connectivity index (χ4v) is 4.68. The summed E-state index contributed by atoms with van der Waals surface area (Å²) in [6.45, 7) is 0.323. The Bertz CT molecular complexity index is 1000. The number of rotatable bonds is 7. The van der Waals surface area contributed by atoms with Crippen LogP contribution in [0.25, 0.3) is 0 Å². The first-order valence-corrected chi connectivity index (χ1v) is 10.4. The summed E-state index contributed by atoms with van der Waals surface area (Å²) in [6, 6.07) is 13.5. The second kappa shape index (κ2) is 8.50. The molecule has 146 valence electrons. The summed E-state index contributed by atoms with van der Waals surface area (Å²) in [5.41, 5.74) is 1.07. The monoisotopic (exact) mass is 401 g/mol. The van der Waals surface area contributed by atoms with Crippen LogP contribution in [0.4, 0.5) is 4.39 Å². The lowest BCUT2D eigenvalue weighted by molar-refractivity contribution is -0.119. The molecule has 1 heterocycles. The Morgan fingerprint density at radius 3 is 2.61 bits per heavy atom. The highest BCUT2D eigenvalue weighted by Crippen LogP contribution is 2.20. The zero-order valence-corrected chi connectivity index (χ0v) is 16.0. The molecule has 8 heteroatoms. The predicted octanol–water partition coefficient (Wildman–Crippen LogP) is 2.21. The Morgan fingerprint density at radius 1 is 1.21 bits per heavy atom. The molecule has 1 atom stereocenters. The first-order valence-electron chi connectivity index (χ1n) is 8.92. The highest BCUT2D eigenvalue weighted by Gasteiger charge is 2.30. The van der Waals surface area contributed by atoms with Crippen LogP contribution in [0.5, 0.6) is 0 Å². The van der Waals surface area contributed by atoms with E-state index in [1.807, 2.05) is 6.07 Å². The minimum atomic E-state index is -3.86. The molecule has 1 fully saturated rings. The molecular weight excluding hydrogens is 381 g/mol. The number of benzene rings is 2. The van der Waals surface area contributed by atoms with Crippen LogP contribution in [0.1, 0.15) is 24.0 Å². The van der Waals surface area contributed by atoms with E-state index in [0.717, 1.165) is 5.56 Å². The molecule has 6 nitrogen and oxygen atoms in total. The van der Waals surface area contributed by atoms with E-state index in [-0.39, 0.29) is 41.3 Å². The zero-order chi connectivity index (χ0) is 20.1. The molecule has 1 N–H and O–H groups in total. The number of hydrogen-bond acceptors (Lipinski definition) is 4. The molecule has 0 radical (unpaired) electrons. The van der Waals surface area contributed by atoms with Crippen molar-refractivity contribution in [2.75, 3.05) is 13.1 Å². The van der Waals surface area contributed by atoms with Crippen molar-refractivity contribution in [2.45, 2.75) is 30.2 Å². The van der Waals surface area contributed by atoms with Crippen LogP contribution < -0.4 is 5.32 Å². The highest BCUT2D eigenvalue weighted by atomic mass is 32.2. The molecule has 1 aliphatic rings. The van der Waals surface area contributed by atoms with Crippen molar-refractivity contribution in [3.63, 3.8) is 0 Å². The fourth-order valence-electron chi connectivity index (χ4n) is 3.15. The topological polar surface area (TPSA) is 90.3 Å². The minimum absolute atomic E-state index is 0.0370. The van der Waals surface area contributed by atoms with Crippen LogP contribution in [0.2, 0.25) is 0 Å². The van der Waals surface area contributed by atoms with Gasteiger partial charge in [0.1, 0.15) is 5.82 Å². The summed E-state index contributed by atoms with van der Waals surface area (Å²) in [7, 11) is -3.86. The van der Waals surface area contributed by atoms with E-state index < -0.39 is 10.0 Å². The number of carbonyl (C=O) groups excluding carboxylic acids is 1. The van der Waals surface area contributed by atoms with Crippen LogP contribution in [0, 0.1) is 17.1 Å². The van der Waals surface area contributed by atoms with Gasteiger partial charge >= 0.3 is 0 Å². The molecular formula is C20H20FN3O3S. The van der Waals surface area contributed by atoms with E-state index in [2.05, 4.69) is 5.32 Å². The average molecular weight is 401 g/mol. The molecule has 1 aliphatic heterocycles. The van der Waals surface area contributed by atoms with Gasteiger partial charge < -0.3 is 5.32 Å². The Balaban J connectivity index is 1.84. The van der Waals surface area contributed by atoms with Crippen LogP contribution in [-0.2, 0) is 21.2 Å². The molecule has 0 saturated carbocycles. The molecule has 0 aromatic heterocycles. The summed E-state index contributed by atoms with van der Waals surface area (Å²) in [4.78, 5) is 11.5. The van der Waals surface area contributed by atoms with Gasteiger partial charge in [-0.3, -0.25) is 4.79 Å². The molecule has 2 aromatic rings. The average Bonchev–Trinajstić information content (AvgIpc) is 3.11. The lowest BCUT2D eigenvalue weighted by Crippen LogP contribution is -2.42. The molecule has 0 unspecified atom stereocenters. The van der Waals surface area contributed by atoms with Gasteiger partial charge in [0.25, 0.3) is 0 Å². The second-order valence-corrected chi connectivity index (χ2v) is 8.62. The van der Waals surface area contributed by atoms with E-state index >= 15 is 0 Å². The molecule has 1 amide bonds. The van der Waals surface area contributed by atoms with Gasteiger partial charge in [-0.15, -0.1) is 0 Å². The van der Waals surface area contributed by atoms with E-state index in [4.69, 9.17) is 5.26 Å². The van der Waals surface area contributed by atoms with Gasteiger partial charge in [0.2, 0.25) is 15.9 Å². The standard InChI is InChI=1S/C20H20FN3O3S/c21-17-6-4-15(5-7-17)10-11-24(14-18-8-9-20(25)23-18)28(26,27)19-3-1-2-16(12-19)13-22/h1-7,12,18H,8-11,14H2,(H,23,25)/t18-/m0/s1. The maximum atomic E-state index is 13.2.